The van der Waals surface area contributed by atoms with Crippen molar-refractivity contribution in [3.8, 4) is 5.75 Å². The first kappa shape index (κ1) is 29.9. The topological polar surface area (TPSA) is 84.3 Å². The number of fused-ring (bicyclic) bond motifs is 7. The first-order valence-electron chi connectivity index (χ1n) is 16.9. The highest BCUT2D eigenvalue weighted by Crippen LogP contribution is 2.70. The Balaban J connectivity index is 1.22. The number of hydrazone groups is 1. The van der Waals surface area contributed by atoms with E-state index in [4.69, 9.17) is 31.5 Å². The summed E-state index contributed by atoms with van der Waals surface area (Å²) < 4.78 is 19.2. The summed E-state index contributed by atoms with van der Waals surface area (Å²) in [6.07, 6.45) is 9.70. The van der Waals surface area contributed by atoms with Gasteiger partial charge in [0.25, 0.3) is 0 Å². The van der Waals surface area contributed by atoms with E-state index < -0.39 is 5.79 Å². The summed E-state index contributed by atoms with van der Waals surface area (Å²) >= 11 is 5.78. The summed E-state index contributed by atoms with van der Waals surface area (Å²) in [6.45, 7) is 10.5. The summed E-state index contributed by atoms with van der Waals surface area (Å²) in [4.78, 5) is 0. The Kier molecular flexibility index (Phi) is 7.63. The molecule has 0 unspecified atom stereocenters. The minimum Gasteiger partial charge on any atom is -0.495 e. The normalized spacial score (nSPS) is 47.8. The molecule has 6 aliphatic rings. The third-order valence-corrected chi connectivity index (χ3v) is 13.6. The molecule has 7 rings (SSSR count). The molecule has 43 heavy (non-hydrogen) atoms. The quantitative estimate of drug-likeness (QED) is 0.258. The molecule has 0 aromatic heterocycles. The van der Waals surface area contributed by atoms with Crippen molar-refractivity contribution in [3.05, 3.63) is 24.3 Å². The Morgan fingerprint density at radius 1 is 1.07 bits per heavy atom. The first-order chi connectivity index (χ1) is 20.6. The van der Waals surface area contributed by atoms with Crippen molar-refractivity contribution in [2.24, 2.45) is 57.4 Å². The standard InChI is InChI=1S/C35H51N3O4S/c1-20-12-15-35(41-19-20)21(2)31-29(42-35)17-26-24-11-10-22-16-23(39)13-14-33(22,3)25(24)18-30(34(26,31)4)37-38-32(43)36-27-8-6-7-9-28(27)40-5/h6-9,20-26,29,31,39H,10-19H2,1-5H3,(H2,36,38,43)/b37-30+/t20-,21+,22+,23+,24-,25+,26+,29+,31+,33+,34-,35-/m1/s1. The van der Waals surface area contributed by atoms with Crippen molar-refractivity contribution in [3.63, 3.8) is 0 Å². The van der Waals surface area contributed by atoms with Gasteiger partial charge in [0.1, 0.15) is 5.75 Å². The van der Waals surface area contributed by atoms with Gasteiger partial charge in [-0.15, -0.1) is 0 Å². The van der Waals surface area contributed by atoms with Crippen LogP contribution < -0.4 is 15.5 Å². The van der Waals surface area contributed by atoms with Gasteiger partial charge >= 0.3 is 0 Å². The van der Waals surface area contributed by atoms with Gasteiger partial charge in [-0.2, -0.15) is 5.10 Å². The maximum Gasteiger partial charge on any atom is 0.191 e. The summed E-state index contributed by atoms with van der Waals surface area (Å²) in [5.74, 6) is 3.85. The van der Waals surface area contributed by atoms with Crippen LogP contribution in [-0.2, 0) is 9.47 Å². The van der Waals surface area contributed by atoms with Crippen LogP contribution in [0.2, 0.25) is 0 Å². The van der Waals surface area contributed by atoms with Gasteiger partial charge < -0.3 is 24.6 Å². The average molecular weight is 610 g/mol. The number of methoxy groups -OCH3 is 1. The zero-order chi connectivity index (χ0) is 30.1. The van der Waals surface area contributed by atoms with Crippen LogP contribution in [0.5, 0.6) is 5.75 Å². The summed E-state index contributed by atoms with van der Waals surface area (Å²) in [6, 6.07) is 7.81. The molecular weight excluding hydrogens is 558 g/mol. The fourth-order valence-electron chi connectivity index (χ4n) is 11.1. The second kappa shape index (κ2) is 11.0. The Labute approximate surface area is 262 Å². The van der Waals surface area contributed by atoms with Crippen LogP contribution in [0.1, 0.15) is 85.5 Å². The molecular formula is C35H51N3O4S. The van der Waals surface area contributed by atoms with E-state index in [0.717, 1.165) is 63.0 Å². The van der Waals surface area contributed by atoms with Gasteiger partial charge in [-0.3, -0.25) is 5.43 Å². The van der Waals surface area contributed by atoms with Gasteiger partial charge in [-0.1, -0.05) is 39.8 Å². The number of aliphatic hydroxyl groups excluding tert-OH is 1. The molecule has 4 saturated carbocycles. The summed E-state index contributed by atoms with van der Waals surface area (Å²) in [5, 5.41) is 19.6. The Morgan fingerprint density at radius 3 is 2.65 bits per heavy atom. The Bertz CT molecular complexity index is 1270. The largest absolute Gasteiger partial charge is 0.495 e. The number of benzene rings is 1. The lowest BCUT2D eigenvalue weighted by Gasteiger charge is -2.61. The van der Waals surface area contributed by atoms with Crippen LogP contribution in [0.4, 0.5) is 5.69 Å². The highest BCUT2D eigenvalue weighted by Gasteiger charge is 2.71. The van der Waals surface area contributed by atoms with E-state index in [1.54, 1.807) is 7.11 Å². The van der Waals surface area contributed by atoms with E-state index in [0.29, 0.717) is 46.5 Å². The van der Waals surface area contributed by atoms with E-state index in [9.17, 15) is 5.11 Å². The fourth-order valence-corrected chi connectivity index (χ4v) is 11.3. The predicted octanol–water partition coefficient (Wildman–Crippen LogP) is 6.75. The van der Waals surface area contributed by atoms with Crippen LogP contribution in [0.15, 0.2) is 29.4 Å². The number of nitrogens with zero attached hydrogens (tertiary/aromatic N) is 1. The zero-order valence-corrected chi connectivity index (χ0v) is 27.4. The molecule has 1 spiro atoms. The molecule has 2 heterocycles. The van der Waals surface area contributed by atoms with Gasteiger partial charge in [-0.25, -0.2) is 0 Å². The highest BCUT2D eigenvalue weighted by atomic mass is 32.1. The molecule has 7 nitrogen and oxygen atoms in total. The molecule has 0 amide bonds. The van der Waals surface area contributed by atoms with Crippen LogP contribution in [-0.4, -0.2) is 47.6 Å². The summed E-state index contributed by atoms with van der Waals surface area (Å²) in [7, 11) is 1.67. The molecule has 4 aliphatic carbocycles. The molecule has 2 saturated heterocycles. The first-order valence-corrected chi connectivity index (χ1v) is 17.3. The second-order valence-corrected chi connectivity index (χ2v) is 15.8. The molecule has 3 N–H and O–H groups in total. The van der Waals surface area contributed by atoms with Crippen molar-refractivity contribution in [2.45, 2.75) is 103 Å². The Hall–Kier alpha value is -1.74. The van der Waals surface area contributed by atoms with E-state index in [2.05, 4.69) is 38.4 Å². The predicted molar refractivity (Wildman–Crippen MR) is 173 cm³/mol. The maximum atomic E-state index is 10.6. The number of aliphatic hydroxyl groups is 1. The average Bonchev–Trinajstić information content (AvgIpc) is 3.44. The van der Waals surface area contributed by atoms with Crippen LogP contribution in [0, 0.1) is 52.3 Å². The monoisotopic (exact) mass is 609 g/mol. The highest BCUT2D eigenvalue weighted by molar-refractivity contribution is 7.80. The third kappa shape index (κ3) is 4.68. The smallest absolute Gasteiger partial charge is 0.191 e. The second-order valence-electron chi connectivity index (χ2n) is 15.4. The zero-order valence-electron chi connectivity index (χ0n) is 26.6. The van der Waals surface area contributed by atoms with Crippen molar-refractivity contribution in [2.75, 3.05) is 19.0 Å². The van der Waals surface area contributed by atoms with Crippen LogP contribution in [0.25, 0.3) is 0 Å². The van der Waals surface area contributed by atoms with Crippen LogP contribution >= 0.6 is 12.2 Å². The van der Waals surface area contributed by atoms with Crippen molar-refractivity contribution in [1.29, 1.82) is 0 Å². The number of hydrogen-bond donors (Lipinski definition) is 3. The number of hydrogen-bond acceptors (Lipinski definition) is 6. The Morgan fingerprint density at radius 2 is 1.88 bits per heavy atom. The molecule has 0 radical (unpaired) electrons. The number of para-hydroxylation sites is 2. The molecule has 8 heteroatoms. The van der Waals surface area contributed by atoms with E-state index in [-0.39, 0.29) is 23.0 Å². The number of anilines is 1. The summed E-state index contributed by atoms with van der Waals surface area (Å²) in [5.41, 5.74) is 5.50. The van der Waals surface area contributed by atoms with Crippen LogP contribution in [0.3, 0.4) is 0 Å². The minimum absolute atomic E-state index is 0.0917. The maximum absolute atomic E-state index is 10.6. The molecule has 6 fully saturated rings. The van der Waals surface area contributed by atoms with Gasteiger partial charge in [0.05, 0.1) is 31.6 Å². The fraction of sp³-hybridized carbons (Fsp3) is 0.771. The molecule has 0 bridgehead atoms. The molecule has 2 aliphatic heterocycles. The van der Waals surface area contributed by atoms with Crippen molar-refractivity contribution in [1.82, 2.24) is 5.43 Å². The van der Waals surface area contributed by atoms with Gasteiger partial charge in [0.2, 0.25) is 0 Å². The SMILES string of the molecule is COc1ccccc1NC(=S)N/N=C1\C[C@H]2[C@@H](CC[C@H]3C[C@@H](O)CC[C@@]32C)[C@@H]2C[C@@H]3O[C@]4(CC[C@@H](C)CO4)[C@@H](C)[C@@H]3[C@@]12C. The lowest BCUT2D eigenvalue weighted by atomic mass is 9.44. The lowest BCUT2D eigenvalue weighted by molar-refractivity contribution is -0.272. The number of thiocarbonyl (C=S) groups is 1. The molecule has 1 aromatic rings. The number of nitrogens with one attached hydrogen (secondary N) is 2. The lowest BCUT2D eigenvalue weighted by Crippen LogP contribution is -2.58. The van der Waals surface area contributed by atoms with Crippen molar-refractivity contribution < 1.29 is 19.3 Å². The van der Waals surface area contributed by atoms with Crippen molar-refractivity contribution >= 4 is 28.7 Å². The third-order valence-electron chi connectivity index (χ3n) is 13.4. The number of rotatable bonds is 3. The van der Waals surface area contributed by atoms with E-state index >= 15 is 0 Å². The van der Waals surface area contributed by atoms with Gasteiger partial charge in [0, 0.05) is 29.4 Å². The minimum atomic E-state index is -0.463. The van der Waals surface area contributed by atoms with E-state index in [1.807, 2.05) is 24.3 Å². The molecule has 1 aromatic carbocycles. The number of ether oxygens (including phenoxy) is 3. The van der Waals surface area contributed by atoms with Gasteiger partial charge in [0.15, 0.2) is 10.9 Å². The molecule has 236 valence electrons. The van der Waals surface area contributed by atoms with E-state index in [1.165, 1.54) is 18.6 Å². The molecule has 12 atom stereocenters. The van der Waals surface area contributed by atoms with Gasteiger partial charge in [-0.05, 0) is 111 Å².